The van der Waals surface area contributed by atoms with E-state index in [1.165, 1.54) is 16.5 Å². The van der Waals surface area contributed by atoms with E-state index in [-0.39, 0.29) is 18.2 Å². The van der Waals surface area contributed by atoms with Gasteiger partial charge in [-0.2, -0.15) is 0 Å². The molecule has 0 radical (unpaired) electrons. The number of Topliss-reactive ketones (excluding diaryl/α,β-unsaturated/α-hetero) is 1. The van der Waals surface area contributed by atoms with Gasteiger partial charge in [-0.15, -0.1) is 5.10 Å². The van der Waals surface area contributed by atoms with E-state index < -0.39 is 11.9 Å². The third kappa shape index (κ3) is 6.31. The highest BCUT2D eigenvalue weighted by molar-refractivity contribution is 6.08. The molecule has 0 fully saturated rings. The van der Waals surface area contributed by atoms with Gasteiger partial charge in [0.2, 0.25) is 11.8 Å². The molecule has 0 spiro atoms. The zero-order chi connectivity index (χ0) is 27.9. The molecule has 0 aliphatic heterocycles. The molecule has 1 atom stereocenters. The van der Waals surface area contributed by atoms with E-state index in [1.54, 1.807) is 55.6 Å². The first-order valence-corrected chi connectivity index (χ1v) is 12.9. The molecule has 9 heteroatoms. The number of anilines is 1. The molecule has 0 bridgehead atoms. The van der Waals surface area contributed by atoms with Gasteiger partial charge in [-0.3, -0.25) is 19.3 Å². The Kier molecular flexibility index (Phi) is 8.70. The molecule has 0 aliphatic carbocycles. The second-order valence-corrected chi connectivity index (χ2v) is 9.73. The van der Waals surface area contributed by atoms with Crippen LogP contribution in [0.2, 0.25) is 0 Å². The minimum absolute atomic E-state index is 0.188. The number of aromatic nitrogens is 3. The van der Waals surface area contributed by atoms with E-state index in [0.717, 1.165) is 6.42 Å². The summed E-state index contributed by atoms with van der Waals surface area (Å²) in [6, 6.07) is 20.1. The van der Waals surface area contributed by atoms with Crippen molar-refractivity contribution in [1.82, 2.24) is 20.3 Å². The van der Waals surface area contributed by atoms with Crippen LogP contribution in [0.4, 0.5) is 5.69 Å². The summed E-state index contributed by atoms with van der Waals surface area (Å²) in [5, 5.41) is 11.3. The SMILES string of the molecule is COc1cccc(C(C(=O)NCCC(C)C)N(C(=O)Cn2nnc3ccccc32)c2ccccc2C(C)=O)c1. The number of hydrogen-bond acceptors (Lipinski definition) is 6. The summed E-state index contributed by atoms with van der Waals surface area (Å²) in [4.78, 5) is 42.1. The number of methoxy groups -OCH3 is 1. The normalized spacial score (nSPS) is 11.8. The number of hydrogen-bond donors (Lipinski definition) is 1. The molecule has 39 heavy (non-hydrogen) atoms. The molecule has 9 nitrogen and oxygen atoms in total. The first kappa shape index (κ1) is 27.5. The summed E-state index contributed by atoms with van der Waals surface area (Å²) in [7, 11) is 1.54. The number of amides is 2. The number of carbonyl (C=O) groups excluding carboxylic acids is 3. The third-order valence-electron chi connectivity index (χ3n) is 6.45. The van der Waals surface area contributed by atoms with Crippen molar-refractivity contribution in [3.8, 4) is 5.75 Å². The topological polar surface area (TPSA) is 106 Å². The predicted molar refractivity (Wildman–Crippen MR) is 150 cm³/mol. The molecule has 1 N–H and O–H groups in total. The molecule has 3 aromatic carbocycles. The lowest BCUT2D eigenvalue weighted by molar-refractivity contribution is -0.127. The van der Waals surface area contributed by atoms with E-state index in [1.807, 2.05) is 24.3 Å². The van der Waals surface area contributed by atoms with Gasteiger partial charge in [0.25, 0.3) is 0 Å². The summed E-state index contributed by atoms with van der Waals surface area (Å²) in [5.74, 6) is -0.0798. The highest BCUT2D eigenvalue weighted by atomic mass is 16.5. The Morgan fingerprint density at radius 1 is 1.00 bits per heavy atom. The molecule has 1 aromatic heterocycles. The van der Waals surface area contributed by atoms with Crippen LogP contribution in [0.25, 0.3) is 11.0 Å². The van der Waals surface area contributed by atoms with Crippen molar-refractivity contribution in [2.24, 2.45) is 5.92 Å². The standard InChI is InChI=1S/C30H33N5O4/c1-20(2)16-17-31-30(38)29(22-10-9-11-23(18-22)39-4)35(26-14-7-5-12-24(26)21(3)36)28(37)19-34-27-15-8-6-13-25(27)32-33-34/h5-15,18,20,29H,16-17,19H2,1-4H3,(H,31,38). The van der Waals surface area contributed by atoms with Crippen LogP contribution in [-0.2, 0) is 16.1 Å². The molecule has 0 saturated carbocycles. The third-order valence-corrected chi connectivity index (χ3v) is 6.45. The molecule has 1 heterocycles. The van der Waals surface area contributed by atoms with E-state index in [0.29, 0.717) is 46.1 Å². The molecule has 0 saturated heterocycles. The fraction of sp³-hybridized carbons (Fsp3) is 0.300. The van der Waals surface area contributed by atoms with Gasteiger partial charge < -0.3 is 10.1 Å². The minimum atomic E-state index is -1.07. The molecule has 2 amide bonds. The van der Waals surface area contributed by atoms with Crippen LogP contribution in [0.5, 0.6) is 5.75 Å². The second kappa shape index (κ2) is 12.3. The number of ketones is 1. The number of fused-ring (bicyclic) bond motifs is 1. The first-order chi connectivity index (χ1) is 18.8. The van der Waals surface area contributed by atoms with Crippen LogP contribution in [0.15, 0.2) is 72.8 Å². The zero-order valence-electron chi connectivity index (χ0n) is 22.6. The number of para-hydroxylation sites is 2. The van der Waals surface area contributed by atoms with Crippen molar-refractivity contribution in [1.29, 1.82) is 0 Å². The maximum Gasteiger partial charge on any atom is 0.249 e. The Morgan fingerprint density at radius 2 is 1.74 bits per heavy atom. The second-order valence-electron chi connectivity index (χ2n) is 9.73. The Balaban J connectivity index is 1.85. The highest BCUT2D eigenvalue weighted by Gasteiger charge is 2.35. The first-order valence-electron chi connectivity index (χ1n) is 12.9. The van der Waals surface area contributed by atoms with Gasteiger partial charge in [-0.05, 0) is 61.2 Å². The lowest BCUT2D eigenvalue weighted by Crippen LogP contribution is -2.46. The van der Waals surface area contributed by atoms with Crippen molar-refractivity contribution in [2.75, 3.05) is 18.6 Å². The predicted octanol–water partition coefficient (Wildman–Crippen LogP) is 4.58. The molecule has 202 valence electrons. The highest BCUT2D eigenvalue weighted by Crippen LogP contribution is 2.33. The van der Waals surface area contributed by atoms with E-state index in [9.17, 15) is 14.4 Å². The number of nitrogens with zero attached hydrogens (tertiary/aromatic N) is 4. The van der Waals surface area contributed by atoms with E-state index in [4.69, 9.17) is 4.74 Å². The molecule has 1 unspecified atom stereocenters. The number of ether oxygens (including phenoxy) is 1. The van der Waals surface area contributed by atoms with Gasteiger partial charge in [0.05, 0.1) is 18.3 Å². The van der Waals surface area contributed by atoms with Crippen molar-refractivity contribution in [3.63, 3.8) is 0 Å². The number of nitrogens with one attached hydrogen (secondary N) is 1. The summed E-state index contributed by atoms with van der Waals surface area (Å²) in [6.45, 7) is 5.85. The van der Waals surface area contributed by atoms with Gasteiger partial charge in [-0.1, -0.05) is 55.5 Å². The average molecular weight is 528 g/mol. The monoisotopic (exact) mass is 527 g/mol. The zero-order valence-corrected chi connectivity index (χ0v) is 22.6. The fourth-order valence-corrected chi connectivity index (χ4v) is 4.45. The average Bonchev–Trinajstić information content (AvgIpc) is 3.33. The van der Waals surface area contributed by atoms with Gasteiger partial charge in [0.15, 0.2) is 5.78 Å². The van der Waals surface area contributed by atoms with Crippen LogP contribution in [-0.4, -0.2) is 46.2 Å². The Bertz CT molecular complexity index is 1480. The maximum atomic E-state index is 14.2. The fourth-order valence-electron chi connectivity index (χ4n) is 4.45. The maximum absolute atomic E-state index is 14.2. The number of carbonyl (C=O) groups is 3. The molecular weight excluding hydrogens is 494 g/mol. The summed E-state index contributed by atoms with van der Waals surface area (Å²) in [5.41, 5.74) is 2.55. The Morgan fingerprint density at radius 3 is 2.49 bits per heavy atom. The van der Waals surface area contributed by atoms with E-state index >= 15 is 0 Å². The number of rotatable bonds is 11. The largest absolute Gasteiger partial charge is 0.497 e. The van der Waals surface area contributed by atoms with Crippen LogP contribution in [0, 0.1) is 5.92 Å². The molecule has 4 aromatic rings. The molecule has 4 rings (SSSR count). The summed E-state index contributed by atoms with van der Waals surface area (Å²) in [6.07, 6.45) is 0.777. The molecule has 0 aliphatic rings. The minimum Gasteiger partial charge on any atom is -0.497 e. The van der Waals surface area contributed by atoms with Crippen LogP contribution in [0.1, 0.15) is 49.2 Å². The van der Waals surface area contributed by atoms with Crippen molar-refractivity contribution in [3.05, 3.63) is 83.9 Å². The van der Waals surface area contributed by atoms with Gasteiger partial charge in [0, 0.05) is 12.1 Å². The number of benzene rings is 3. The van der Waals surface area contributed by atoms with Crippen molar-refractivity contribution in [2.45, 2.75) is 39.8 Å². The van der Waals surface area contributed by atoms with Crippen molar-refractivity contribution < 1.29 is 19.1 Å². The Labute approximate surface area is 227 Å². The summed E-state index contributed by atoms with van der Waals surface area (Å²) < 4.78 is 6.93. The van der Waals surface area contributed by atoms with Crippen molar-refractivity contribution >= 4 is 34.3 Å². The smallest absolute Gasteiger partial charge is 0.249 e. The van der Waals surface area contributed by atoms with Gasteiger partial charge in [-0.25, -0.2) is 4.68 Å². The van der Waals surface area contributed by atoms with Gasteiger partial charge >= 0.3 is 0 Å². The van der Waals surface area contributed by atoms with Gasteiger partial charge in [0.1, 0.15) is 23.9 Å². The lowest BCUT2D eigenvalue weighted by atomic mass is 10.00. The van der Waals surface area contributed by atoms with Crippen LogP contribution >= 0.6 is 0 Å². The van der Waals surface area contributed by atoms with Crippen LogP contribution in [0.3, 0.4) is 0 Å². The van der Waals surface area contributed by atoms with Crippen LogP contribution < -0.4 is 15.0 Å². The molecular formula is C30H33N5O4. The lowest BCUT2D eigenvalue weighted by Gasteiger charge is -2.33. The summed E-state index contributed by atoms with van der Waals surface area (Å²) >= 11 is 0. The van der Waals surface area contributed by atoms with E-state index in [2.05, 4.69) is 29.5 Å². The quantitative estimate of drug-likeness (QED) is 0.286. The Hall–Kier alpha value is -4.53.